The van der Waals surface area contributed by atoms with Crippen LogP contribution in [-0.4, -0.2) is 30.6 Å². The number of hydrazine groups is 1. The Bertz CT molecular complexity index is 482. The van der Waals surface area contributed by atoms with Crippen LogP contribution in [0.4, 0.5) is 0 Å². The molecule has 0 aliphatic carbocycles. The normalized spacial score (nSPS) is 15.6. The topological polar surface area (TPSA) is 65.8 Å². The first-order valence-corrected chi connectivity index (χ1v) is 7.02. The number of benzene rings is 1. The van der Waals surface area contributed by atoms with E-state index < -0.39 is 0 Å². The number of carbonyl (C=O) groups excluding carboxylic acids is 1. The summed E-state index contributed by atoms with van der Waals surface area (Å²) < 4.78 is 0. The van der Waals surface area contributed by atoms with Gasteiger partial charge >= 0.3 is 0 Å². The van der Waals surface area contributed by atoms with Crippen LogP contribution in [-0.2, 0) is 4.79 Å². The second-order valence-electron chi connectivity index (χ2n) is 5.16. The van der Waals surface area contributed by atoms with Gasteiger partial charge in [-0.2, -0.15) is 0 Å². The molecule has 1 heterocycles. The van der Waals surface area contributed by atoms with Gasteiger partial charge in [-0.05, 0) is 31.4 Å². The fraction of sp³-hybridized carbons (Fsp3) is 0.400. The van der Waals surface area contributed by atoms with Crippen LogP contribution in [0.15, 0.2) is 30.8 Å². The highest BCUT2D eigenvalue weighted by Crippen LogP contribution is 2.20. The molecule has 5 heteroatoms. The maximum atomic E-state index is 11.8. The number of rotatable bonds is 5. The van der Waals surface area contributed by atoms with Crippen LogP contribution in [0.3, 0.4) is 0 Å². The molecule has 108 valence electrons. The fourth-order valence-corrected chi connectivity index (χ4v) is 2.44. The first kappa shape index (κ1) is 14.4. The molecule has 1 aromatic rings. The molecule has 0 unspecified atom stereocenters. The van der Waals surface area contributed by atoms with Gasteiger partial charge in [-0.1, -0.05) is 18.7 Å². The summed E-state index contributed by atoms with van der Waals surface area (Å²) in [6, 6.07) is 6.88. The first-order valence-electron chi connectivity index (χ1n) is 7.02. The monoisotopic (exact) mass is 276 g/mol. The third-order valence-electron chi connectivity index (χ3n) is 3.55. The van der Waals surface area contributed by atoms with E-state index in [4.69, 9.17) is 0 Å². The van der Waals surface area contributed by atoms with E-state index in [1.807, 2.05) is 6.07 Å². The Morgan fingerprint density at radius 1 is 1.20 bits per heavy atom. The van der Waals surface area contributed by atoms with Gasteiger partial charge in [-0.15, -0.1) is 0 Å². The van der Waals surface area contributed by atoms with Gasteiger partial charge in [0.05, 0.1) is 18.8 Å². The second-order valence-corrected chi connectivity index (χ2v) is 5.16. The molecule has 0 bridgehead atoms. The molecule has 0 aromatic heterocycles. The molecule has 1 amide bonds. The number of para-hydroxylation sites is 1. The lowest BCUT2D eigenvalue weighted by Crippen LogP contribution is -3.14. The van der Waals surface area contributed by atoms with E-state index in [1.54, 1.807) is 18.2 Å². The fourth-order valence-electron chi connectivity index (χ4n) is 2.44. The smallest absolute Gasteiger partial charge is 0.293 e. The van der Waals surface area contributed by atoms with Gasteiger partial charge in [-0.3, -0.25) is 15.6 Å². The van der Waals surface area contributed by atoms with Crippen LogP contribution < -0.4 is 15.8 Å². The Balaban J connectivity index is 1.78. The van der Waals surface area contributed by atoms with Gasteiger partial charge < -0.3 is 10.0 Å². The summed E-state index contributed by atoms with van der Waals surface area (Å²) >= 11 is 0. The van der Waals surface area contributed by atoms with E-state index in [0.29, 0.717) is 17.8 Å². The molecule has 4 N–H and O–H groups in total. The van der Waals surface area contributed by atoms with E-state index in [0.717, 1.165) is 13.1 Å². The lowest BCUT2D eigenvalue weighted by Gasteiger charge is -2.23. The summed E-state index contributed by atoms with van der Waals surface area (Å²) in [6.45, 7) is 6.41. The number of hydrogen-bond donors (Lipinski definition) is 4. The molecule has 1 fully saturated rings. The van der Waals surface area contributed by atoms with Crippen LogP contribution in [0.5, 0.6) is 5.75 Å². The largest absolute Gasteiger partial charge is 0.507 e. The zero-order valence-electron chi connectivity index (χ0n) is 11.6. The number of nitrogens with one attached hydrogen (secondary N) is 3. The Hall–Kier alpha value is -2.01. The average Bonchev–Trinajstić information content (AvgIpc) is 2.46. The predicted octanol–water partition coefficient (Wildman–Crippen LogP) is 0.0525. The number of piperidine rings is 1. The molecular weight excluding hydrogens is 254 g/mol. The van der Waals surface area contributed by atoms with Crippen LogP contribution >= 0.6 is 0 Å². The van der Waals surface area contributed by atoms with E-state index >= 15 is 0 Å². The summed E-state index contributed by atoms with van der Waals surface area (Å²) in [5, 5.41) is 9.69. The molecule has 2 rings (SSSR count). The van der Waals surface area contributed by atoms with Crippen LogP contribution in [0, 0.1) is 0 Å². The predicted molar refractivity (Wildman–Crippen MR) is 77.8 cm³/mol. The van der Waals surface area contributed by atoms with Crippen molar-refractivity contribution in [3.63, 3.8) is 0 Å². The molecule has 5 nitrogen and oxygen atoms in total. The van der Waals surface area contributed by atoms with E-state index in [9.17, 15) is 9.90 Å². The maximum absolute atomic E-state index is 11.8. The van der Waals surface area contributed by atoms with Crippen molar-refractivity contribution in [3.05, 3.63) is 36.4 Å². The van der Waals surface area contributed by atoms with E-state index in [2.05, 4.69) is 17.4 Å². The van der Waals surface area contributed by atoms with Crippen molar-refractivity contribution in [1.82, 2.24) is 10.9 Å². The maximum Gasteiger partial charge on any atom is 0.293 e. The third-order valence-corrected chi connectivity index (χ3v) is 3.55. The molecule has 1 saturated heterocycles. The van der Waals surface area contributed by atoms with Gasteiger partial charge in [-0.25, -0.2) is 0 Å². The van der Waals surface area contributed by atoms with Crippen LogP contribution in [0.25, 0.3) is 5.70 Å². The van der Waals surface area contributed by atoms with Crippen molar-refractivity contribution in [1.29, 1.82) is 0 Å². The van der Waals surface area contributed by atoms with Crippen molar-refractivity contribution >= 4 is 11.6 Å². The standard InChI is InChI=1S/C15H21N3O2/c1-12(13-7-3-4-8-14(13)19)16-17-15(20)11-18-9-5-2-6-10-18/h3-4,7-8,16,19H,1-2,5-6,9-11H2,(H,17,20)/p+1. The lowest BCUT2D eigenvalue weighted by atomic mass is 10.1. The van der Waals surface area contributed by atoms with E-state index in [-0.39, 0.29) is 11.7 Å². The summed E-state index contributed by atoms with van der Waals surface area (Å²) in [5.41, 5.74) is 6.46. The zero-order valence-corrected chi connectivity index (χ0v) is 11.6. The average molecular weight is 276 g/mol. The summed E-state index contributed by atoms with van der Waals surface area (Å²) in [7, 11) is 0. The highest BCUT2D eigenvalue weighted by atomic mass is 16.3. The molecule has 0 spiro atoms. The second kappa shape index (κ2) is 6.96. The van der Waals surface area contributed by atoms with Gasteiger partial charge in [0.1, 0.15) is 5.75 Å². The number of quaternary nitrogens is 1. The third kappa shape index (κ3) is 3.99. The number of aromatic hydroxyl groups is 1. The number of carbonyl (C=O) groups is 1. The van der Waals surface area contributed by atoms with Crippen molar-refractivity contribution in [2.75, 3.05) is 19.6 Å². The summed E-state index contributed by atoms with van der Waals surface area (Å²) in [5.74, 6) is 0.0828. The Morgan fingerprint density at radius 3 is 2.60 bits per heavy atom. The minimum absolute atomic E-state index is 0.0570. The number of phenols is 1. The summed E-state index contributed by atoms with van der Waals surface area (Å²) in [4.78, 5) is 13.2. The number of amides is 1. The number of hydrogen-bond acceptors (Lipinski definition) is 3. The Morgan fingerprint density at radius 2 is 1.90 bits per heavy atom. The molecule has 1 aliphatic rings. The van der Waals surface area contributed by atoms with Gasteiger partial charge in [0.25, 0.3) is 5.91 Å². The molecule has 0 radical (unpaired) electrons. The number of phenolic OH excluding ortho intramolecular Hbond substituents is 1. The Kier molecular flexibility index (Phi) is 5.01. The van der Waals surface area contributed by atoms with Crippen LogP contribution in [0.2, 0.25) is 0 Å². The Labute approximate surface area is 119 Å². The molecule has 0 saturated carbocycles. The SMILES string of the molecule is C=C(NNC(=O)C[NH+]1CCCCC1)c1ccccc1O. The van der Waals surface area contributed by atoms with Crippen molar-refractivity contribution < 1.29 is 14.8 Å². The molecule has 20 heavy (non-hydrogen) atoms. The van der Waals surface area contributed by atoms with Crippen LogP contribution in [0.1, 0.15) is 24.8 Å². The first-order chi connectivity index (χ1) is 9.66. The van der Waals surface area contributed by atoms with Gasteiger partial charge in [0.2, 0.25) is 0 Å². The minimum atomic E-state index is -0.0570. The van der Waals surface area contributed by atoms with E-state index in [1.165, 1.54) is 24.2 Å². The minimum Gasteiger partial charge on any atom is -0.507 e. The highest BCUT2D eigenvalue weighted by molar-refractivity contribution is 5.78. The van der Waals surface area contributed by atoms with Crippen molar-refractivity contribution in [2.24, 2.45) is 0 Å². The van der Waals surface area contributed by atoms with Gasteiger partial charge in [0, 0.05) is 5.56 Å². The van der Waals surface area contributed by atoms with Crippen molar-refractivity contribution in [3.8, 4) is 5.75 Å². The molecule has 1 aliphatic heterocycles. The lowest BCUT2D eigenvalue weighted by molar-refractivity contribution is -0.896. The molecule has 0 atom stereocenters. The van der Waals surface area contributed by atoms with Crippen molar-refractivity contribution in [2.45, 2.75) is 19.3 Å². The number of likely N-dealkylation sites (tertiary alicyclic amines) is 1. The highest BCUT2D eigenvalue weighted by Gasteiger charge is 2.17. The molecular formula is C15H22N3O2+. The molecule has 1 aromatic carbocycles. The van der Waals surface area contributed by atoms with Gasteiger partial charge in [0.15, 0.2) is 6.54 Å². The summed E-state index contributed by atoms with van der Waals surface area (Å²) in [6.07, 6.45) is 3.66. The zero-order chi connectivity index (χ0) is 14.4. The quantitative estimate of drug-likeness (QED) is 0.575.